The molecule has 0 atom stereocenters. The van der Waals surface area contributed by atoms with Crippen molar-refractivity contribution in [1.29, 1.82) is 0 Å². The summed E-state index contributed by atoms with van der Waals surface area (Å²) < 4.78 is 0. The Morgan fingerprint density at radius 1 is 0.667 bits per heavy atom. The fraction of sp³-hybridized carbons (Fsp3) is 1.00. The number of aliphatic hydroxyl groups is 3. The first-order valence-electron chi connectivity index (χ1n) is 3.07. The Labute approximate surface area is 91.3 Å². The van der Waals surface area contributed by atoms with Gasteiger partial charge in [-0.15, -0.1) is 0 Å². The molecule has 0 aromatic rings. The van der Waals surface area contributed by atoms with E-state index < -0.39 is 8.32 Å². The molecule has 12 heavy (non-hydrogen) atoms. The minimum atomic E-state index is -1.61. The maximum atomic E-state index is 8.66. The van der Waals surface area contributed by atoms with E-state index in [1.54, 1.807) is 0 Å². The predicted molar refractivity (Wildman–Crippen MR) is 50.0 cm³/mol. The molecule has 6 heteroatoms. The molecule has 4 N–H and O–H groups in total. The van der Waals surface area contributed by atoms with E-state index >= 15 is 0 Å². The monoisotopic (exact) mass is 234 g/mol. The van der Waals surface area contributed by atoms with Crippen molar-refractivity contribution in [3.8, 4) is 0 Å². The summed E-state index contributed by atoms with van der Waals surface area (Å²) in [6.07, 6.45) is 0. The molecule has 0 bridgehead atoms. The van der Waals surface area contributed by atoms with Gasteiger partial charge in [0.2, 0.25) is 0 Å². The van der Waals surface area contributed by atoms with Crippen LogP contribution >= 0.6 is 0 Å². The number of hydrogen-bond donors (Lipinski definition) is 4. The van der Waals surface area contributed by atoms with Crippen LogP contribution in [0.25, 0.3) is 0 Å². The maximum Gasteiger partial charge on any atom is 0.179 e. The van der Waals surface area contributed by atoms with Gasteiger partial charge in [0, 0.05) is 43.0 Å². The van der Waals surface area contributed by atoms with Crippen molar-refractivity contribution >= 4 is 8.32 Å². The van der Waals surface area contributed by atoms with Gasteiger partial charge in [-0.1, -0.05) is 0 Å². The van der Waals surface area contributed by atoms with Crippen LogP contribution in [-0.4, -0.2) is 49.8 Å². The van der Waals surface area contributed by atoms with Crippen molar-refractivity contribution in [1.82, 2.24) is 0 Å². The summed E-state index contributed by atoms with van der Waals surface area (Å²) >= 11 is 0. The molecule has 0 aliphatic rings. The number of aliphatic hydroxyl groups excluding tert-OH is 3. The fourth-order valence-corrected chi connectivity index (χ4v) is 0. The van der Waals surface area contributed by atoms with E-state index in [1.165, 1.54) is 0 Å². The van der Waals surface area contributed by atoms with Gasteiger partial charge in [0.1, 0.15) is 0 Å². The summed E-state index contributed by atoms with van der Waals surface area (Å²) in [6.45, 7) is 5.65. The Balaban J connectivity index is -0.0000000203. The molecule has 0 rings (SSSR count). The van der Waals surface area contributed by atoms with E-state index in [9.17, 15) is 0 Å². The van der Waals surface area contributed by atoms with Crippen molar-refractivity contribution < 1.29 is 41.8 Å². The Morgan fingerprint density at radius 2 is 0.667 bits per heavy atom. The molecule has 4 nitrogen and oxygen atoms in total. The minimum absolute atomic E-state index is 0. The zero-order chi connectivity index (χ0) is 10.5. The third-order valence-corrected chi connectivity index (χ3v) is 0. The van der Waals surface area contributed by atoms with E-state index in [0.29, 0.717) is 0 Å². The molecule has 0 spiro atoms. The molecule has 0 aromatic carbocycles. The van der Waals surface area contributed by atoms with Crippen LogP contribution in [0.5, 0.6) is 0 Å². The second-order valence-corrected chi connectivity index (χ2v) is 6.51. The first-order valence-corrected chi connectivity index (χ1v) is 6.51. The van der Waals surface area contributed by atoms with Crippen LogP contribution in [-0.2, 0) is 21.7 Å². The Bertz CT molecular complexity index is 35.0. The molecule has 0 aliphatic heterocycles. The summed E-state index contributed by atoms with van der Waals surface area (Å²) in [7, 11) is 1.39. The molecule has 0 fully saturated rings. The molecule has 0 unspecified atom stereocenters. The average Bonchev–Trinajstić information content (AvgIpc) is 1.96. The molecule has 0 amide bonds. The van der Waals surface area contributed by atoms with Gasteiger partial charge in [-0.2, -0.15) is 0 Å². The topological polar surface area (TPSA) is 80.9 Å². The van der Waals surface area contributed by atoms with E-state index in [2.05, 4.69) is 0 Å². The third-order valence-electron chi connectivity index (χ3n) is 0. The molecule has 0 aromatic heterocycles. The first kappa shape index (κ1) is 29.3. The summed E-state index contributed by atoms with van der Waals surface area (Å²) in [5, 5.41) is 21.0. The van der Waals surface area contributed by atoms with E-state index in [0.717, 1.165) is 21.3 Å². The van der Waals surface area contributed by atoms with Crippen LogP contribution in [0.2, 0.25) is 19.6 Å². The maximum absolute atomic E-state index is 8.66. The van der Waals surface area contributed by atoms with E-state index in [1.807, 2.05) is 19.6 Å². The average molecular weight is 234 g/mol. The van der Waals surface area contributed by atoms with Crippen LogP contribution < -0.4 is 0 Å². The van der Waals surface area contributed by atoms with E-state index in [4.69, 9.17) is 20.1 Å². The van der Waals surface area contributed by atoms with Crippen LogP contribution in [0.3, 0.4) is 0 Å². The summed E-state index contributed by atoms with van der Waals surface area (Å²) in [4.78, 5) is 8.66. The zero-order valence-electron chi connectivity index (χ0n) is 8.79. The van der Waals surface area contributed by atoms with Crippen LogP contribution in [0.1, 0.15) is 0 Å². The Hall–Kier alpha value is 0.771. The van der Waals surface area contributed by atoms with Gasteiger partial charge >= 0.3 is 0 Å². The quantitative estimate of drug-likeness (QED) is 0.431. The van der Waals surface area contributed by atoms with Crippen LogP contribution in [0, 0.1) is 0 Å². The predicted octanol–water partition coefficient (Wildman–Crippen LogP) is -0.363. The van der Waals surface area contributed by atoms with Gasteiger partial charge in [-0.3, -0.25) is 0 Å². The van der Waals surface area contributed by atoms with Gasteiger partial charge in [-0.25, -0.2) is 0 Å². The molecule has 0 saturated heterocycles. The fourth-order valence-electron chi connectivity index (χ4n) is 0. The van der Waals surface area contributed by atoms with Crippen molar-refractivity contribution in [2.24, 2.45) is 0 Å². The Kier molecular flexibility index (Phi) is 72.7. The molecule has 0 radical (unpaired) electrons. The molecule has 0 heterocycles. The standard InChI is InChI=1S/C3H10OSi.3CH4O.Ti/c1-5(2,3)4;3*1-2;/h4H,1-3H3;3*2H,1H3;. The van der Waals surface area contributed by atoms with Gasteiger partial charge < -0.3 is 20.1 Å². The second-order valence-electron chi connectivity index (χ2n) is 2.17. The van der Waals surface area contributed by atoms with Gasteiger partial charge in [0.05, 0.1) is 0 Å². The van der Waals surface area contributed by atoms with Gasteiger partial charge in [0.15, 0.2) is 8.32 Å². The van der Waals surface area contributed by atoms with Crippen LogP contribution in [0.15, 0.2) is 0 Å². The molecule has 78 valence electrons. The van der Waals surface area contributed by atoms with Crippen molar-refractivity contribution in [3.05, 3.63) is 0 Å². The van der Waals surface area contributed by atoms with Gasteiger partial charge in [0.25, 0.3) is 0 Å². The van der Waals surface area contributed by atoms with Gasteiger partial charge in [-0.05, 0) is 19.6 Å². The Morgan fingerprint density at radius 3 is 0.667 bits per heavy atom. The van der Waals surface area contributed by atoms with E-state index in [-0.39, 0.29) is 21.7 Å². The van der Waals surface area contributed by atoms with Crippen LogP contribution in [0.4, 0.5) is 0 Å². The smallest absolute Gasteiger partial charge is 0.179 e. The summed E-state index contributed by atoms with van der Waals surface area (Å²) in [5.41, 5.74) is 0. The summed E-state index contributed by atoms with van der Waals surface area (Å²) in [5.74, 6) is 0. The molecule has 0 saturated carbocycles. The summed E-state index contributed by atoms with van der Waals surface area (Å²) in [6, 6.07) is 0. The first-order chi connectivity index (χ1) is 5.00. The largest absolute Gasteiger partial charge is 0.433 e. The SMILES string of the molecule is CO.CO.CO.C[Si](C)(C)O.[Ti]. The van der Waals surface area contributed by atoms with Crippen molar-refractivity contribution in [2.45, 2.75) is 19.6 Å². The molecular weight excluding hydrogens is 212 g/mol. The van der Waals surface area contributed by atoms with Crippen molar-refractivity contribution in [3.63, 3.8) is 0 Å². The van der Waals surface area contributed by atoms with Crippen molar-refractivity contribution in [2.75, 3.05) is 21.3 Å². The second kappa shape index (κ2) is 29.8. The number of rotatable bonds is 0. The number of hydrogen-bond acceptors (Lipinski definition) is 4. The normalized spacial score (nSPS) is 6.50. The molecular formula is C6H22O4SiTi. The minimum Gasteiger partial charge on any atom is -0.433 e. The molecule has 0 aliphatic carbocycles. The third kappa shape index (κ3) is 1730. The zero-order valence-corrected chi connectivity index (χ0v) is 11.4.